The second-order valence-electron chi connectivity index (χ2n) is 6.86. The van der Waals surface area contributed by atoms with Gasteiger partial charge in [0.2, 0.25) is 5.95 Å². The van der Waals surface area contributed by atoms with Gasteiger partial charge in [0.05, 0.1) is 18.0 Å². The van der Waals surface area contributed by atoms with E-state index in [4.69, 9.17) is 10.5 Å². The molecule has 7 nitrogen and oxygen atoms in total. The summed E-state index contributed by atoms with van der Waals surface area (Å²) in [6.45, 7) is 6.26. The number of nitrogens with one attached hydrogen (secondary N) is 2. The molecule has 0 aliphatic carbocycles. The van der Waals surface area contributed by atoms with Gasteiger partial charge in [-0.2, -0.15) is 0 Å². The third kappa shape index (κ3) is 7.50. The van der Waals surface area contributed by atoms with Gasteiger partial charge >= 0.3 is 0 Å². The summed E-state index contributed by atoms with van der Waals surface area (Å²) in [5.74, 6) is 1.26. The lowest BCUT2D eigenvalue weighted by atomic mass is 10.1. The van der Waals surface area contributed by atoms with Gasteiger partial charge in [0.15, 0.2) is 5.75 Å². The molecule has 0 fully saturated rings. The quantitative estimate of drug-likeness (QED) is 0.410. The molecule has 0 aliphatic rings. The molecular formula is C20H32N6O. The van der Waals surface area contributed by atoms with E-state index >= 15 is 0 Å². The molecule has 0 radical (unpaired) electrons. The molecule has 27 heavy (non-hydrogen) atoms. The topological polar surface area (TPSA) is 88.3 Å². The van der Waals surface area contributed by atoms with E-state index < -0.39 is 6.29 Å². The van der Waals surface area contributed by atoms with Crippen LogP contribution < -0.4 is 21.1 Å². The number of ether oxygens (including phenoxy) is 1. The average Bonchev–Trinajstić information content (AvgIpc) is 2.61. The first-order valence-corrected chi connectivity index (χ1v) is 9.38. The van der Waals surface area contributed by atoms with Gasteiger partial charge in [-0.15, -0.1) is 0 Å². The van der Waals surface area contributed by atoms with Crippen LogP contribution in [-0.4, -0.2) is 54.9 Å². The van der Waals surface area contributed by atoms with Gasteiger partial charge in [-0.1, -0.05) is 30.3 Å². The maximum Gasteiger partial charge on any atom is 0.225 e. The Hall–Kier alpha value is -2.22. The van der Waals surface area contributed by atoms with E-state index in [2.05, 4.69) is 51.7 Å². The molecule has 0 saturated heterocycles. The predicted molar refractivity (Wildman–Crippen MR) is 110 cm³/mol. The van der Waals surface area contributed by atoms with Crippen LogP contribution in [0.3, 0.4) is 0 Å². The van der Waals surface area contributed by atoms with E-state index in [9.17, 15) is 0 Å². The summed E-state index contributed by atoms with van der Waals surface area (Å²) in [5, 5.41) is 6.34. The average molecular weight is 373 g/mol. The second-order valence-corrected chi connectivity index (χ2v) is 6.86. The number of rotatable bonds is 11. The zero-order valence-electron chi connectivity index (χ0n) is 16.8. The molecular weight excluding hydrogens is 340 g/mol. The highest BCUT2D eigenvalue weighted by Crippen LogP contribution is 2.21. The van der Waals surface area contributed by atoms with Crippen molar-refractivity contribution in [2.45, 2.75) is 33.0 Å². The summed E-state index contributed by atoms with van der Waals surface area (Å²) in [5.41, 5.74) is 8.99. The highest BCUT2D eigenvalue weighted by molar-refractivity contribution is 5.38. The second kappa shape index (κ2) is 10.8. The Morgan fingerprint density at radius 3 is 2.41 bits per heavy atom. The van der Waals surface area contributed by atoms with Crippen LogP contribution in [0.2, 0.25) is 0 Å². The van der Waals surface area contributed by atoms with Gasteiger partial charge in [-0.25, -0.2) is 9.97 Å². The molecule has 0 aliphatic heterocycles. The smallest absolute Gasteiger partial charge is 0.225 e. The minimum absolute atomic E-state index is 0.417. The van der Waals surface area contributed by atoms with E-state index in [1.807, 2.05) is 32.0 Å². The highest BCUT2D eigenvalue weighted by atomic mass is 16.5. The largest absolute Gasteiger partial charge is 0.490 e. The Balaban J connectivity index is 1.81. The van der Waals surface area contributed by atoms with Crippen LogP contribution in [0.1, 0.15) is 23.4 Å². The van der Waals surface area contributed by atoms with Crippen molar-refractivity contribution >= 4 is 5.95 Å². The van der Waals surface area contributed by atoms with E-state index in [-0.39, 0.29) is 0 Å². The van der Waals surface area contributed by atoms with Crippen molar-refractivity contribution in [2.24, 2.45) is 5.73 Å². The fraction of sp³-hybridized carbons (Fsp3) is 0.500. The maximum absolute atomic E-state index is 6.10. The van der Waals surface area contributed by atoms with Gasteiger partial charge in [-0.3, -0.25) is 11.1 Å². The molecule has 2 aromatic rings. The number of aromatic nitrogens is 2. The maximum atomic E-state index is 6.10. The summed E-state index contributed by atoms with van der Waals surface area (Å²) >= 11 is 0. The summed E-state index contributed by atoms with van der Waals surface area (Å²) < 4.78 is 5.87. The van der Waals surface area contributed by atoms with E-state index in [1.165, 1.54) is 5.56 Å². The predicted octanol–water partition coefficient (Wildman–Crippen LogP) is 1.91. The van der Waals surface area contributed by atoms with Crippen molar-refractivity contribution in [1.29, 1.82) is 0 Å². The molecule has 0 spiro atoms. The molecule has 2 rings (SSSR count). The Kier molecular flexibility index (Phi) is 8.44. The molecule has 4 N–H and O–H groups in total. The lowest BCUT2D eigenvalue weighted by molar-refractivity contribution is 0.276. The highest BCUT2D eigenvalue weighted by Gasteiger charge is 2.11. The Morgan fingerprint density at radius 2 is 1.78 bits per heavy atom. The van der Waals surface area contributed by atoms with Crippen molar-refractivity contribution in [3.05, 3.63) is 47.3 Å². The van der Waals surface area contributed by atoms with Gasteiger partial charge in [0.25, 0.3) is 0 Å². The summed E-state index contributed by atoms with van der Waals surface area (Å²) in [6, 6.07) is 10.3. The van der Waals surface area contributed by atoms with Crippen LogP contribution >= 0.6 is 0 Å². The number of hydrogen-bond donors (Lipinski definition) is 3. The first-order chi connectivity index (χ1) is 13.0. The first-order valence-electron chi connectivity index (χ1n) is 9.38. The van der Waals surface area contributed by atoms with Crippen molar-refractivity contribution in [3.63, 3.8) is 0 Å². The summed E-state index contributed by atoms with van der Waals surface area (Å²) in [7, 11) is 4.11. The number of nitrogens with zero attached hydrogens (tertiary/aromatic N) is 3. The zero-order chi connectivity index (χ0) is 19.6. The van der Waals surface area contributed by atoms with Gasteiger partial charge in [-0.05, 0) is 46.3 Å². The molecule has 0 amide bonds. The monoisotopic (exact) mass is 372 g/mol. The molecule has 0 saturated carbocycles. The number of aryl methyl sites for hydroxylation is 2. The van der Waals surface area contributed by atoms with E-state index in [0.717, 1.165) is 43.1 Å². The van der Waals surface area contributed by atoms with Crippen LogP contribution in [0, 0.1) is 13.8 Å². The zero-order valence-corrected chi connectivity index (χ0v) is 16.8. The van der Waals surface area contributed by atoms with E-state index in [0.29, 0.717) is 12.6 Å². The molecule has 1 aromatic carbocycles. The minimum Gasteiger partial charge on any atom is -0.490 e. The Bertz CT molecular complexity index is 669. The van der Waals surface area contributed by atoms with Gasteiger partial charge < -0.3 is 15.0 Å². The number of anilines is 1. The molecule has 148 valence electrons. The van der Waals surface area contributed by atoms with Crippen molar-refractivity contribution in [3.8, 4) is 5.75 Å². The lowest BCUT2D eigenvalue weighted by Crippen LogP contribution is -2.45. The van der Waals surface area contributed by atoms with Crippen molar-refractivity contribution in [1.82, 2.24) is 20.2 Å². The molecule has 7 heteroatoms. The summed E-state index contributed by atoms with van der Waals surface area (Å²) in [4.78, 5) is 11.1. The molecule has 1 aromatic heterocycles. The number of benzene rings is 1. The van der Waals surface area contributed by atoms with Gasteiger partial charge in [0.1, 0.15) is 6.29 Å². The fourth-order valence-electron chi connectivity index (χ4n) is 2.74. The minimum atomic E-state index is -0.417. The van der Waals surface area contributed by atoms with Crippen LogP contribution in [0.15, 0.2) is 30.3 Å². The van der Waals surface area contributed by atoms with Crippen molar-refractivity contribution in [2.75, 3.05) is 39.1 Å². The Morgan fingerprint density at radius 1 is 1.11 bits per heavy atom. The lowest BCUT2D eigenvalue weighted by Gasteiger charge is -2.18. The normalized spacial score (nSPS) is 12.2. The number of nitrogens with two attached hydrogens (primary N) is 1. The van der Waals surface area contributed by atoms with Crippen LogP contribution in [0.5, 0.6) is 5.75 Å². The van der Waals surface area contributed by atoms with Crippen LogP contribution in [-0.2, 0) is 6.42 Å². The van der Waals surface area contributed by atoms with Gasteiger partial charge in [0, 0.05) is 13.1 Å². The van der Waals surface area contributed by atoms with Crippen molar-refractivity contribution < 1.29 is 4.74 Å². The first kappa shape index (κ1) is 21.1. The third-order valence-corrected chi connectivity index (χ3v) is 4.11. The number of hydrogen-bond acceptors (Lipinski definition) is 7. The SMILES string of the molecule is Cc1nc(NC(N)NCCc2ccccc2)nc(C)c1OCCCN(C)C. The molecule has 1 heterocycles. The molecule has 1 unspecified atom stereocenters. The van der Waals surface area contributed by atoms with Crippen LogP contribution in [0.4, 0.5) is 5.95 Å². The standard InChI is InChI=1S/C20H32N6O/c1-15-18(27-14-8-13-26(3)4)16(2)24-20(23-15)25-19(21)22-12-11-17-9-6-5-7-10-17/h5-7,9-10,19,22H,8,11-14,21H2,1-4H3,(H,23,24,25). The summed E-state index contributed by atoms with van der Waals surface area (Å²) in [6.07, 6.45) is 1.45. The molecule has 1 atom stereocenters. The molecule has 0 bridgehead atoms. The van der Waals surface area contributed by atoms with E-state index in [1.54, 1.807) is 0 Å². The Labute approximate surface area is 162 Å². The van der Waals surface area contributed by atoms with Crippen LogP contribution in [0.25, 0.3) is 0 Å². The fourth-order valence-corrected chi connectivity index (χ4v) is 2.74. The third-order valence-electron chi connectivity index (χ3n) is 4.11.